The van der Waals surface area contributed by atoms with Crippen molar-refractivity contribution in [1.82, 2.24) is 5.32 Å². The summed E-state index contributed by atoms with van der Waals surface area (Å²) in [4.78, 5) is 10.9. The van der Waals surface area contributed by atoms with Gasteiger partial charge in [0.15, 0.2) is 0 Å². The second-order valence-corrected chi connectivity index (χ2v) is 2.77. The molecule has 0 bridgehead atoms. The number of amides is 1. The Labute approximate surface area is 86.0 Å². The molecule has 0 aliphatic carbocycles. The van der Waals surface area contributed by atoms with Crippen molar-refractivity contribution in [1.29, 1.82) is 0 Å². The molecule has 0 aliphatic rings. The largest absolute Gasteiger partial charge is 0.450 e. The Bertz CT molecular complexity index is 335. The van der Waals surface area contributed by atoms with E-state index in [4.69, 9.17) is 0 Å². The zero-order valence-corrected chi connectivity index (χ0v) is 8.22. The molecule has 15 heavy (non-hydrogen) atoms. The Morgan fingerprint density at radius 2 is 2.00 bits per heavy atom. The highest BCUT2D eigenvalue weighted by Crippen LogP contribution is 2.11. The normalized spacial score (nSPS) is 9.80. The zero-order valence-electron chi connectivity index (χ0n) is 8.22. The third kappa shape index (κ3) is 3.19. The van der Waals surface area contributed by atoms with Gasteiger partial charge in [-0.3, -0.25) is 0 Å². The number of hydrogen-bond donors (Lipinski definition) is 1. The fourth-order valence-corrected chi connectivity index (χ4v) is 1.04. The average molecular weight is 215 g/mol. The van der Waals surface area contributed by atoms with Crippen LogP contribution in [0.2, 0.25) is 0 Å². The lowest BCUT2D eigenvalue weighted by Gasteiger charge is -2.06. The first-order valence-corrected chi connectivity index (χ1v) is 4.48. The van der Waals surface area contributed by atoms with E-state index in [1.807, 2.05) is 0 Å². The highest BCUT2D eigenvalue weighted by atomic mass is 19.1. The smallest absolute Gasteiger partial charge is 0.407 e. The van der Waals surface area contributed by atoms with Crippen molar-refractivity contribution in [3.05, 3.63) is 35.4 Å². The summed E-state index contributed by atoms with van der Waals surface area (Å²) in [7, 11) is 0. The molecule has 5 heteroatoms. The van der Waals surface area contributed by atoms with Gasteiger partial charge in [0.2, 0.25) is 0 Å². The van der Waals surface area contributed by atoms with Crippen LogP contribution in [0.1, 0.15) is 12.5 Å². The molecule has 0 heterocycles. The number of hydrogen-bond acceptors (Lipinski definition) is 2. The van der Waals surface area contributed by atoms with Crippen LogP contribution in [0.15, 0.2) is 18.2 Å². The quantitative estimate of drug-likeness (QED) is 0.839. The highest BCUT2D eigenvalue weighted by molar-refractivity contribution is 5.67. The number of halogens is 2. The minimum absolute atomic E-state index is 0.175. The maximum atomic E-state index is 13.1. The van der Waals surface area contributed by atoms with Crippen molar-refractivity contribution in [2.24, 2.45) is 0 Å². The second kappa shape index (κ2) is 5.29. The lowest BCUT2D eigenvalue weighted by atomic mass is 10.2. The van der Waals surface area contributed by atoms with Crippen LogP contribution in [0.5, 0.6) is 0 Å². The third-order valence-corrected chi connectivity index (χ3v) is 1.75. The van der Waals surface area contributed by atoms with Crippen molar-refractivity contribution in [2.75, 3.05) is 6.61 Å². The molecule has 82 valence electrons. The molecular formula is C10H11F2NO2. The molecule has 0 aromatic heterocycles. The maximum absolute atomic E-state index is 13.1. The van der Waals surface area contributed by atoms with Crippen LogP contribution < -0.4 is 5.32 Å². The number of ether oxygens (including phenoxy) is 1. The van der Waals surface area contributed by atoms with Gasteiger partial charge in [-0.25, -0.2) is 13.6 Å². The van der Waals surface area contributed by atoms with E-state index in [0.717, 1.165) is 12.1 Å². The monoisotopic (exact) mass is 215 g/mol. The van der Waals surface area contributed by atoms with E-state index in [9.17, 15) is 13.6 Å². The zero-order chi connectivity index (χ0) is 11.3. The summed E-state index contributed by atoms with van der Waals surface area (Å²) in [6, 6.07) is 3.52. The van der Waals surface area contributed by atoms with E-state index in [1.54, 1.807) is 6.92 Å². The first-order chi connectivity index (χ1) is 7.15. The summed E-state index contributed by atoms with van der Waals surface area (Å²) < 4.78 is 30.7. The Morgan fingerprint density at radius 3 is 2.53 bits per heavy atom. The van der Waals surface area contributed by atoms with Gasteiger partial charge < -0.3 is 10.1 Å². The first-order valence-electron chi connectivity index (χ1n) is 4.48. The van der Waals surface area contributed by atoms with Gasteiger partial charge in [-0.15, -0.1) is 0 Å². The predicted molar refractivity (Wildman–Crippen MR) is 50.2 cm³/mol. The molecule has 0 saturated carbocycles. The van der Waals surface area contributed by atoms with Crippen LogP contribution in [0.25, 0.3) is 0 Å². The third-order valence-electron chi connectivity index (χ3n) is 1.75. The van der Waals surface area contributed by atoms with Crippen LogP contribution in [0.4, 0.5) is 13.6 Å². The molecule has 0 saturated heterocycles. The number of rotatable bonds is 3. The minimum atomic E-state index is -0.694. The number of alkyl carbamates (subject to hydrolysis) is 1. The number of benzene rings is 1. The lowest BCUT2D eigenvalue weighted by molar-refractivity contribution is 0.151. The Hall–Kier alpha value is -1.65. The van der Waals surface area contributed by atoms with Crippen LogP contribution >= 0.6 is 0 Å². The van der Waals surface area contributed by atoms with Crippen LogP contribution in [0.3, 0.4) is 0 Å². The molecule has 0 spiro atoms. The topological polar surface area (TPSA) is 38.3 Å². The molecule has 1 amide bonds. The molecule has 0 atom stereocenters. The maximum Gasteiger partial charge on any atom is 0.407 e. The van der Waals surface area contributed by atoms with Crippen LogP contribution in [-0.2, 0) is 11.3 Å². The van der Waals surface area contributed by atoms with Gasteiger partial charge in [-0.1, -0.05) is 6.07 Å². The molecule has 0 unspecified atom stereocenters. The predicted octanol–water partition coefficient (Wildman–Crippen LogP) is 2.21. The summed E-state index contributed by atoms with van der Waals surface area (Å²) in [6.07, 6.45) is -0.694. The standard InChI is InChI=1S/C10H11F2NO2/c1-2-15-10(14)13-6-7-8(11)4-3-5-9(7)12/h3-5H,2,6H2,1H3,(H,13,14). The van der Waals surface area contributed by atoms with Gasteiger partial charge in [0.1, 0.15) is 11.6 Å². The second-order valence-electron chi connectivity index (χ2n) is 2.77. The minimum Gasteiger partial charge on any atom is -0.450 e. The van der Waals surface area contributed by atoms with E-state index in [1.165, 1.54) is 6.07 Å². The van der Waals surface area contributed by atoms with Gasteiger partial charge in [0.25, 0.3) is 0 Å². The SMILES string of the molecule is CCOC(=O)NCc1c(F)cccc1F. The lowest BCUT2D eigenvalue weighted by Crippen LogP contribution is -2.24. The summed E-state index contributed by atoms with van der Waals surface area (Å²) in [6.45, 7) is 1.63. The summed E-state index contributed by atoms with van der Waals surface area (Å²) in [5.74, 6) is -1.38. The Morgan fingerprint density at radius 1 is 1.40 bits per heavy atom. The van der Waals surface area contributed by atoms with Crippen LogP contribution in [-0.4, -0.2) is 12.7 Å². The van der Waals surface area contributed by atoms with E-state index < -0.39 is 17.7 Å². The number of nitrogens with one attached hydrogen (secondary N) is 1. The Kier molecular flexibility index (Phi) is 4.03. The molecule has 0 aliphatic heterocycles. The molecular weight excluding hydrogens is 204 g/mol. The molecule has 1 N–H and O–H groups in total. The summed E-state index contributed by atoms with van der Waals surface area (Å²) in [5.41, 5.74) is -0.175. The van der Waals surface area contributed by atoms with Gasteiger partial charge in [-0.05, 0) is 19.1 Å². The molecule has 3 nitrogen and oxygen atoms in total. The van der Waals surface area contributed by atoms with E-state index in [0.29, 0.717) is 0 Å². The van der Waals surface area contributed by atoms with Gasteiger partial charge in [0.05, 0.1) is 13.2 Å². The summed E-state index contributed by atoms with van der Waals surface area (Å²) >= 11 is 0. The first kappa shape index (κ1) is 11.4. The molecule has 0 fully saturated rings. The highest BCUT2D eigenvalue weighted by Gasteiger charge is 2.09. The van der Waals surface area contributed by atoms with Gasteiger partial charge in [0, 0.05) is 5.56 Å². The Balaban J connectivity index is 2.61. The van der Waals surface area contributed by atoms with Crippen molar-refractivity contribution in [3.63, 3.8) is 0 Å². The van der Waals surface area contributed by atoms with Gasteiger partial charge >= 0.3 is 6.09 Å². The van der Waals surface area contributed by atoms with E-state index >= 15 is 0 Å². The fourth-order valence-electron chi connectivity index (χ4n) is 1.04. The molecule has 1 aromatic carbocycles. The molecule has 0 radical (unpaired) electrons. The van der Waals surface area contributed by atoms with Crippen molar-refractivity contribution in [3.8, 4) is 0 Å². The number of carbonyl (C=O) groups is 1. The summed E-state index contributed by atoms with van der Waals surface area (Å²) in [5, 5.41) is 2.24. The molecule has 1 rings (SSSR count). The fraction of sp³-hybridized carbons (Fsp3) is 0.300. The van der Waals surface area contributed by atoms with Gasteiger partial charge in [-0.2, -0.15) is 0 Å². The van der Waals surface area contributed by atoms with E-state index in [2.05, 4.69) is 10.1 Å². The van der Waals surface area contributed by atoms with E-state index in [-0.39, 0.29) is 18.7 Å². The number of carbonyl (C=O) groups excluding carboxylic acids is 1. The van der Waals surface area contributed by atoms with Crippen LogP contribution in [0, 0.1) is 11.6 Å². The average Bonchev–Trinajstić information content (AvgIpc) is 2.17. The molecule has 1 aromatic rings. The van der Waals surface area contributed by atoms with Crippen molar-refractivity contribution < 1.29 is 18.3 Å². The van der Waals surface area contributed by atoms with Crippen molar-refractivity contribution >= 4 is 6.09 Å². The van der Waals surface area contributed by atoms with Crippen molar-refractivity contribution in [2.45, 2.75) is 13.5 Å².